The molecule has 1 aromatic heterocycles. The van der Waals surface area contributed by atoms with Crippen molar-refractivity contribution in [2.24, 2.45) is 0 Å². The zero-order valence-electron chi connectivity index (χ0n) is 27.7. The summed E-state index contributed by atoms with van der Waals surface area (Å²) in [5.74, 6) is -1.59. The normalized spacial score (nSPS) is 22.3. The van der Waals surface area contributed by atoms with Gasteiger partial charge in [0.05, 0.1) is 36.3 Å². The fourth-order valence-electron chi connectivity index (χ4n) is 6.07. The van der Waals surface area contributed by atoms with Crippen molar-refractivity contribution in [1.82, 2.24) is 9.29 Å². The molecule has 3 heterocycles. The fourth-order valence-corrected chi connectivity index (χ4v) is 6.99. The molecular weight excluding hydrogens is 583 g/mol. The summed E-state index contributed by atoms with van der Waals surface area (Å²) in [6.07, 6.45) is 4.91. The van der Waals surface area contributed by atoms with Gasteiger partial charge in [-0.2, -0.15) is 4.31 Å². The van der Waals surface area contributed by atoms with E-state index < -0.39 is 32.9 Å². The Balaban J connectivity index is 1.83. The highest BCUT2D eigenvalue weighted by atomic mass is 32.2. The Morgan fingerprint density at radius 1 is 1.16 bits per heavy atom. The lowest BCUT2D eigenvalue weighted by molar-refractivity contribution is -0.290. The third-order valence-electron chi connectivity index (χ3n) is 7.73. The third kappa shape index (κ3) is 8.13. The second kappa shape index (κ2) is 12.3. The molecule has 2 aromatic rings. The van der Waals surface area contributed by atoms with Crippen LogP contribution in [0.3, 0.4) is 0 Å². The molecule has 0 amide bonds. The van der Waals surface area contributed by atoms with Crippen LogP contribution in [0, 0.1) is 5.82 Å². The first-order valence-corrected chi connectivity index (χ1v) is 17.0. The lowest BCUT2D eigenvalue weighted by Gasteiger charge is -2.40. The maximum Gasteiger partial charge on any atom is 0.308 e. The number of aromatic nitrogens is 1. The molecule has 10 heteroatoms. The summed E-state index contributed by atoms with van der Waals surface area (Å²) in [6, 6.07) is 6.28. The Kier molecular flexibility index (Phi) is 9.54. The topological polar surface area (TPSA) is 95.0 Å². The number of esters is 1. The molecule has 2 atom stereocenters. The highest BCUT2D eigenvalue weighted by Crippen LogP contribution is 2.43. The van der Waals surface area contributed by atoms with E-state index in [1.807, 2.05) is 60.6 Å². The molecule has 0 radical (unpaired) electrons. The van der Waals surface area contributed by atoms with Crippen LogP contribution in [-0.4, -0.2) is 60.1 Å². The van der Waals surface area contributed by atoms with Gasteiger partial charge in [-0.05, 0) is 69.4 Å². The van der Waals surface area contributed by atoms with Crippen molar-refractivity contribution < 1.29 is 31.8 Å². The van der Waals surface area contributed by atoms with Gasteiger partial charge in [0.25, 0.3) is 0 Å². The standard InChI is InChI=1S/C34H47FN2O6S/c1-21(2)30-26(16-15-24-17-25(42-34(8,9)41-24)18-28(38)43-32(3,4)5)29(22-11-13-23(35)14-12-22)27-19-37(44(10,39)40)20-33(6,7)31(27)36-30/h11-16,21,24-25H,17-20H2,1-10H3/t24-,25-/m1/s1. The molecular formula is C34H47FN2O6S. The van der Waals surface area contributed by atoms with Crippen molar-refractivity contribution >= 4 is 22.1 Å². The van der Waals surface area contributed by atoms with Gasteiger partial charge in [-0.25, -0.2) is 12.8 Å². The number of carbonyl (C=O) groups excluding carboxylic acids is 1. The molecule has 44 heavy (non-hydrogen) atoms. The van der Waals surface area contributed by atoms with Gasteiger partial charge in [-0.15, -0.1) is 0 Å². The Morgan fingerprint density at radius 3 is 2.36 bits per heavy atom. The van der Waals surface area contributed by atoms with Crippen LogP contribution in [0.1, 0.15) is 104 Å². The summed E-state index contributed by atoms with van der Waals surface area (Å²) in [7, 11) is -3.50. The number of hydrogen-bond acceptors (Lipinski definition) is 7. The molecule has 0 saturated carbocycles. The van der Waals surface area contributed by atoms with Crippen LogP contribution in [0.2, 0.25) is 0 Å². The minimum atomic E-state index is -3.50. The average molecular weight is 631 g/mol. The Labute approximate surface area is 262 Å². The van der Waals surface area contributed by atoms with Crippen LogP contribution in [0.5, 0.6) is 0 Å². The zero-order valence-corrected chi connectivity index (χ0v) is 28.5. The molecule has 2 aliphatic rings. The molecule has 0 N–H and O–H groups in total. The Bertz CT molecular complexity index is 1520. The van der Waals surface area contributed by atoms with Crippen LogP contribution in [-0.2, 0) is 41.0 Å². The monoisotopic (exact) mass is 630 g/mol. The maximum atomic E-state index is 14.1. The van der Waals surface area contributed by atoms with Gasteiger partial charge in [-0.1, -0.05) is 52.0 Å². The highest BCUT2D eigenvalue weighted by Gasteiger charge is 2.40. The number of sulfonamides is 1. The molecule has 8 nitrogen and oxygen atoms in total. The van der Waals surface area contributed by atoms with Crippen LogP contribution >= 0.6 is 0 Å². The SMILES string of the molecule is CC(C)c1nc2c(c(-c3ccc(F)cc3)c1C=C[C@@H]1C[C@H](CC(=O)OC(C)(C)C)OC(C)(C)O1)CN(S(C)(=O)=O)CC2(C)C. The first kappa shape index (κ1) is 34.2. The van der Waals surface area contributed by atoms with Crippen molar-refractivity contribution in [2.45, 2.75) is 117 Å². The van der Waals surface area contributed by atoms with E-state index in [2.05, 4.69) is 13.8 Å². The minimum Gasteiger partial charge on any atom is -0.460 e. The maximum absolute atomic E-state index is 14.1. The average Bonchev–Trinajstić information content (AvgIpc) is 2.84. The van der Waals surface area contributed by atoms with Crippen molar-refractivity contribution in [2.75, 3.05) is 12.8 Å². The van der Waals surface area contributed by atoms with Crippen LogP contribution in [0.15, 0.2) is 30.3 Å². The van der Waals surface area contributed by atoms with E-state index in [1.54, 1.807) is 12.1 Å². The molecule has 1 fully saturated rings. The summed E-state index contributed by atoms with van der Waals surface area (Å²) in [5, 5.41) is 0. The van der Waals surface area contributed by atoms with Crippen molar-refractivity contribution in [3.8, 4) is 11.1 Å². The predicted octanol–water partition coefficient (Wildman–Crippen LogP) is 6.72. The van der Waals surface area contributed by atoms with E-state index in [9.17, 15) is 17.6 Å². The second-order valence-corrected chi connectivity index (χ2v) is 16.4. The summed E-state index contributed by atoms with van der Waals surface area (Å²) in [4.78, 5) is 17.8. The van der Waals surface area contributed by atoms with E-state index in [0.717, 1.165) is 33.6 Å². The van der Waals surface area contributed by atoms with E-state index in [1.165, 1.54) is 22.7 Å². The first-order chi connectivity index (χ1) is 20.1. The lowest BCUT2D eigenvalue weighted by Crippen LogP contribution is -2.45. The van der Waals surface area contributed by atoms with Gasteiger partial charge in [0.15, 0.2) is 5.79 Å². The summed E-state index contributed by atoms with van der Waals surface area (Å²) in [6.45, 7) is 17.8. The predicted molar refractivity (Wildman–Crippen MR) is 170 cm³/mol. The Hall–Kier alpha value is -2.66. The fraction of sp³-hybridized carbons (Fsp3) is 0.588. The van der Waals surface area contributed by atoms with Gasteiger partial charge in [-0.3, -0.25) is 9.78 Å². The number of carbonyl (C=O) groups is 1. The van der Waals surface area contributed by atoms with E-state index in [4.69, 9.17) is 19.2 Å². The van der Waals surface area contributed by atoms with Crippen LogP contribution in [0.4, 0.5) is 4.39 Å². The molecule has 2 aliphatic heterocycles. The van der Waals surface area contributed by atoms with E-state index >= 15 is 0 Å². The molecule has 0 spiro atoms. The molecule has 0 unspecified atom stereocenters. The number of halogens is 1. The van der Waals surface area contributed by atoms with E-state index in [-0.39, 0.29) is 36.8 Å². The van der Waals surface area contributed by atoms with Crippen LogP contribution < -0.4 is 0 Å². The molecule has 242 valence electrons. The van der Waals surface area contributed by atoms with Crippen molar-refractivity contribution in [1.29, 1.82) is 0 Å². The highest BCUT2D eigenvalue weighted by molar-refractivity contribution is 7.88. The van der Waals surface area contributed by atoms with E-state index in [0.29, 0.717) is 13.0 Å². The molecule has 1 saturated heterocycles. The molecule has 0 aliphatic carbocycles. The quantitative estimate of drug-likeness (QED) is 0.314. The lowest BCUT2D eigenvalue weighted by atomic mass is 9.78. The minimum absolute atomic E-state index is 0.0369. The summed E-state index contributed by atoms with van der Waals surface area (Å²) >= 11 is 0. The molecule has 0 bridgehead atoms. The van der Waals surface area contributed by atoms with Crippen molar-refractivity contribution in [3.63, 3.8) is 0 Å². The molecule has 4 rings (SSSR count). The first-order valence-electron chi connectivity index (χ1n) is 15.2. The number of fused-ring (bicyclic) bond motifs is 1. The number of pyridine rings is 1. The number of benzene rings is 1. The van der Waals surface area contributed by atoms with Crippen LogP contribution in [0.25, 0.3) is 17.2 Å². The van der Waals surface area contributed by atoms with Gasteiger partial charge in [0, 0.05) is 30.5 Å². The van der Waals surface area contributed by atoms with Gasteiger partial charge >= 0.3 is 5.97 Å². The zero-order chi connectivity index (χ0) is 32.8. The second-order valence-electron chi connectivity index (χ2n) is 14.4. The third-order valence-corrected chi connectivity index (χ3v) is 8.93. The molecule has 1 aromatic carbocycles. The number of ether oxygens (including phenoxy) is 3. The van der Waals surface area contributed by atoms with Gasteiger partial charge in [0.2, 0.25) is 10.0 Å². The smallest absolute Gasteiger partial charge is 0.308 e. The van der Waals surface area contributed by atoms with Gasteiger partial charge in [0.1, 0.15) is 11.4 Å². The Morgan fingerprint density at radius 2 is 1.80 bits per heavy atom. The summed E-state index contributed by atoms with van der Waals surface area (Å²) in [5.41, 5.74) is 3.78. The number of rotatable bonds is 7. The van der Waals surface area contributed by atoms with Crippen molar-refractivity contribution in [3.05, 3.63) is 58.7 Å². The van der Waals surface area contributed by atoms with Gasteiger partial charge < -0.3 is 14.2 Å². The summed E-state index contributed by atoms with van der Waals surface area (Å²) < 4.78 is 59.0. The number of hydrogen-bond donors (Lipinski definition) is 0. The number of nitrogens with zero attached hydrogens (tertiary/aromatic N) is 2. The largest absolute Gasteiger partial charge is 0.460 e.